The molecule has 6 heteroatoms. The van der Waals surface area contributed by atoms with Crippen LogP contribution in [0.5, 0.6) is 0 Å². The van der Waals surface area contributed by atoms with Crippen molar-refractivity contribution in [3.8, 4) is 11.3 Å². The minimum Gasteiger partial charge on any atom is -0.385 e. The number of aromatic nitrogens is 2. The van der Waals surface area contributed by atoms with Gasteiger partial charge < -0.3 is 10.1 Å². The van der Waals surface area contributed by atoms with Gasteiger partial charge in [-0.05, 0) is 36.2 Å². The Bertz CT molecular complexity index is 886. The van der Waals surface area contributed by atoms with E-state index in [9.17, 15) is 4.79 Å². The zero-order valence-electron chi connectivity index (χ0n) is 15.8. The molecule has 0 aliphatic carbocycles. The van der Waals surface area contributed by atoms with Crippen molar-refractivity contribution < 1.29 is 9.53 Å². The minimum absolute atomic E-state index is 0.0602. The predicted molar refractivity (Wildman–Crippen MR) is 112 cm³/mol. The standard InChI is InChI=1S/C22H23N3O2S/c1-27-14-6-13-23-22(26)19-10-5-7-17(15-19)16-28-21-12-11-20(24-25-21)18-8-3-2-4-9-18/h2-5,7-12,15H,6,13-14,16H2,1H3,(H,23,26). The maximum atomic E-state index is 12.2. The van der Waals surface area contributed by atoms with Gasteiger partial charge in [-0.2, -0.15) is 0 Å². The van der Waals surface area contributed by atoms with Gasteiger partial charge in [-0.1, -0.05) is 54.2 Å². The summed E-state index contributed by atoms with van der Waals surface area (Å²) in [4.78, 5) is 12.2. The third-order valence-corrected chi connectivity index (χ3v) is 5.09. The third kappa shape index (κ3) is 5.90. The van der Waals surface area contributed by atoms with Crippen molar-refractivity contribution in [2.24, 2.45) is 0 Å². The Labute approximate surface area is 169 Å². The van der Waals surface area contributed by atoms with Crippen molar-refractivity contribution >= 4 is 17.7 Å². The van der Waals surface area contributed by atoms with Crippen molar-refractivity contribution in [3.05, 3.63) is 77.9 Å². The summed E-state index contributed by atoms with van der Waals surface area (Å²) < 4.78 is 4.99. The van der Waals surface area contributed by atoms with Crippen LogP contribution in [-0.2, 0) is 10.5 Å². The molecule has 0 fully saturated rings. The highest BCUT2D eigenvalue weighted by molar-refractivity contribution is 7.98. The molecule has 0 saturated carbocycles. The number of nitrogens with zero attached hydrogens (tertiary/aromatic N) is 2. The van der Waals surface area contributed by atoms with Gasteiger partial charge >= 0.3 is 0 Å². The fraction of sp³-hybridized carbons (Fsp3) is 0.227. The molecular weight excluding hydrogens is 370 g/mol. The molecule has 1 aromatic heterocycles. The number of carbonyl (C=O) groups excluding carboxylic acids is 1. The van der Waals surface area contributed by atoms with Gasteiger partial charge in [-0.3, -0.25) is 4.79 Å². The third-order valence-electron chi connectivity index (χ3n) is 4.10. The molecule has 3 rings (SSSR count). The average molecular weight is 394 g/mol. The molecule has 144 valence electrons. The molecule has 0 spiro atoms. The van der Waals surface area contributed by atoms with Crippen LogP contribution in [0, 0.1) is 0 Å². The molecule has 3 aromatic rings. The lowest BCUT2D eigenvalue weighted by Gasteiger charge is -2.07. The lowest BCUT2D eigenvalue weighted by atomic mass is 10.1. The van der Waals surface area contributed by atoms with Gasteiger partial charge in [-0.25, -0.2) is 0 Å². The normalized spacial score (nSPS) is 10.6. The molecule has 5 nitrogen and oxygen atoms in total. The fourth-order valence-electron chi connectivity index (χ4n) is 2.64. The van der Waals surface area contributed by atoms with E-state index in [2.05, 4.69) is 15.5 Å². The number of thioether (sulfide) groups is 1. The molecule has 0 atom stereocenters. The quantitative estimate of drug-likeness (QED) is 0.436. The molecule has 0 bridgehead atoms. The van der Waals surface area contributed by atoms with E-state index in [1.165, 1.54) is 0 Å². The van der Waals surface area contributed by atoms with Crippen LogP contribution in [0.2, 0.25) is 0 Å². The average Bonchev–Trinajstić information content (AvgIpc) is 2.76. The van der Waals surface area contributed by atoms with Gasteiger partial charge in [0.2, 0.25) is 0 Å². The second-order valence-corrected chi connectivity index (χ2v) is 7.21. The van der Waals surface area contributed by atoms with Crippen LogP contribution < -0.4 is 5.32 Å². The number of nitrogens with one attached hydrogen (secondary N) is 1. The van der Waals surface area contributed by atoms with Crippen LogP contribution in [0.3, 0.4) is 0 Å². The highest BCUT2D eigenvalue weighted by Gasteiger charge is 2.07. The monoisotopic (exact) mass is 393 g/mol. The number of rotatable bonds is 9. The van der Waals surface area contributed by atoms with Crippen LogP contribution in [-0.4, -0.2) is 36.4 Å². The number of amides is 1. The van der Waals surface area contributed by atoms with Crippen LogP contribution in [0.4, 0.5) is 0 Å². The molecule has 1 N–H and O–H groups in total. The number of carbonyl (C=O) groups is 1. The molecule has 0 aliphatic rings. The number of methoxy groups -OCH3 is 1. The topological polar surface area (TPSA) is 64.1 Å². The lowest BCUT2D eigenvalue weighted by Crippen LogP contribution is -2.25. The van der Waals surface area contributed by atoms with E-state index in [0.717, 1.165) is 34.0 Å². The maximum absolute atomic E-state index is 12.2. The summed E-state index contributed by atoms with van der Waals surface area (Å²) in [5, 5.41) is 12.4. The highest BCUT2D eigenvalue weighted by Crippen LogP contribution is 2.23. The molecule has 0 aliphatic heterocycles. The first kappa shape index (κ1) is 20.0. The number of hydrogen-bond acceptors (Lipinski definition) is 5. The van der Waals surface area contributed by atoms with Crippen molar-refractivity contribution in [1.82, 2.24) is 15.5 Å². The van der Waals surface area contributed by atoms with Crippen molar-refractivity contribution in [1.29, 1.82) is 0 Å². The van der Waals surface area contributed by atoms with Crippen molar-refractivity contribution in [2.45, 2.75) is 17.2 Å². The first-order valence-electron chi connectivity index (χ1n) is 9.14. The Kier molecular flexibility index (Phi) is 7.58. The zero-order valence-corrected chi connectivity index (χ0v) is 16.6. The first-order chi connectivity index (χ1) is 13.8. The summed E-state index contributed by atoms with van der Waals surface area (Å²) >= 11 is 1.60. The summed E-state index contributed by atoms with van der Waals surface area (Å²) in [6.07, 6.45) is 0.801. The molecule has 28 heavy (non-hydrogen) atoms. The van der Waals surface area contributed by atoms with E-state index >= 15 is 0 Å². The molecule has 2 aromatic carbocycles. The van der Waals surface area contributed by atoms with E-state index in [0.29, 0.717) is 18.7 Å². The van der Waals surface area contributed by atoms with Gasteiger partial charge in [0.1, 0.15) is 5.03 Å². The van der Waals surface area contributed by atoms with Crippen LogP contribution >= 0.6 is 11.8 Å². The number of benzene rings is 2. The lowest BCUT2D eigenvalue weighted by molar-refractivity contribution is 0.0948. The van der Waals surface area contributed by atoms with Crippen LogP contribution in [0.15, 0.2) is 71.8 Å². The Morgan fingerprint density at radius 3 is 2.64 bits per heavy atom. The predicted octanol–water partition coefficient (Wildman–Crippen LogP) is 4.20. The molecule has 1 amide bonds. The number of ether oxygens (including phenoxy) is 1. The van der Waals surface area contributed by atoms with Gasteiger partial charge in [0, 0.05) is 37.1 Å². The SMILES string of the molecule is COCCCNC(=O)c1cccc(CSc2ccc(-c3ccccc3)nn2)c1. The molecular formula is C22H23N3O2S. The zero-order chi connectivity index (χ0) is 19.6. The molecule has 0 saturated heterocycles. The Morgan fingerprint density at radius 1 is 1.04 bits per heavy atom. The summed E-state index contributed by atoms with van der Waals surface area (Å²) in [5.74, 6) is 0.666. The number of hydrogen-bond donors (Lipinski definition) is 1. The van der Waals surface area contributed by atoms with Gasteiger partial charge in [0.05, 0.1) is 5.69 Å². The largest absolute Gasteiger partial charge is 0.385 e. The highest BCUT2D eigenvalue weighted by atomic mass is 32.2. The van der Waals surface area contributed by atoms with Gasteiger partial charge in [-0.15, -0.1) is 10.2 Å². The minimum atomic E-state index is -0.0602. The summed E-state index contributed by atoms with van der Waals surface area (Å²) in [5.41, 5.74) is 3.65. The van der Waals surface area contributed by atoms with Gasteiger partial charge in [0.25, 0.3) is 5.91 Å². The summed E-state index contributed by atoms with van der Waals surface area (Å²) in [6.45, 7) is 1.25. The first-order valence-corrected chi connectivity index (χ1v) is 10.1. The van der Waals surface area contributed by atoms with Crippen LogP contribution in [0.25, 0.3) is 11.3 Å². The van der Waals surface area contributed by atoms with E-state index in [-0.39, 0.29) is 5.91 Å². The van der Waals surface area contributed by atoms with E-state index < -0.39 is 0 Å². The van der Waals surface area contributed by atoms with Crippen LogP contribution in [0.1, 0.15) is 22.3 Å². The summed E-state index contributed by atoms with van der Waals surface area (Å²) in [6, 6.07) is 21.6. The van der Waals surface area contributed by atoms with E-state index in [4.69, 9.17) is 4.74 Å². The second-order valence-electron chi connectivity index (χ2n) is 6.21. The Morgan fingerprint density at radius 2 is 1.89 bits per heavy atom. The van der Waals surface area contributed by atoms with E-state index in [1.54, 1.807) is 18.9 Å². The van der Waals surface area contributed by atoms with E-state index in [1.807, 2.05) is 66.7 Å². The molecule has 1 heterocycles. The Balaban J connectivity index is 1.55. The molecule has 0 radical (unpaired) electrons. The second kappa shape index (κ2) is 10.6. The fourth-order valence-corrected chi connectivity index (χ4v) is 3.40. The maximum Gasteiger partial charge on any atom is 0.251 e. The van der Waals surface area contributed by atoms with Gasteiger partial charge in [0.15, 0.2) is 0 Å². The summed E-state index contributed by atoms with van der Waals surface area (Å²) in [7, 11) is 1.66. The Hall–Kier alpha value is -2.70. The molecule has 0 unspecified atom stereocenters. The smallest absolute Gasteiger partial charge is 0.251 e. The van der Waals surface area contributed by atoms with Crippen molar-refractivity contribution in [2.75, 3.05) is 20.3 Å². The van der Waals surface area contributed by atoms with Crippen molar-refractivity contribution in [3.63, 3.8) is 0 Å².